The van der Waals surface area contributed by atoms with Crippen LogP contribution in [0, 0.1) is 13.8 Å². The molecule has 0 aliphatic heterocycles. The summed E-state index contributed by atoms with van der Waals surface area (Å²) in [7, 11) is 1.51. The van der Waals surface area contributed by atoms with E-state index in [1.807, 2.05) is 20.8 Å². The van der Waals surface area contributed by atoms with E-state index in [0.717, 1.165) is 15.6 Å². The van der Waals surface area contributed by atoms with Crippen LogP contribution < -0.4 is 22.3 Å². The maximum atomic E-state index is 11.8. The summed E-state index contributed by atoms with van der Waals surface area (Å²) in [6.45, 7) is 5.77. The van der Waals surface area contributed by atoms with Gasteiger partial charge in [-0.15, -0.1) is 11.3 Å². The quantitative estimate of drug-likeness (QED) is 0.780. The molecule has 1 atom stereocenters. The van der Waals surface area contributed by atoms with E-state index in [9.17, 15) is 9.59 Å². The molecule has 8 heteroatoms. The number of nitrogen functional groups attached to an aromatic ring is 1. The largest absolute Gasteiger partial charge is 0.383 e. The molecule has 2 aromatic rings. The first-order valence-electron chi connectivity index (χ1n) is 6.10. The minimum Gasteiger partial charge on any atom is -0.383 e. The number of aromatic amines is 1. The highest BCUT2D eigenvalue weighted by Gasteiger charge is 2.17. The average Bonchev–Trinajstić information content (AvgIpc) is 2.71. The molecule has 1 unspecified atom stereocenters. The van der Waals surface area contributed by atoms with Gasteiger partial charge >= 0.3 is 5.69 Å². The number of aromatic nitrogens is 3. The van der Waals surface area contributed by atoms with Crippen LogP contribution in [0.4, 0.5) is 11.5 Å². The van der Waals surface area contributed by atoms with E-state index < -0.39 is 11.2 Å². The van der Waals surface area contributed by atoms with Gasteiger partial charge in [-0.25, -0.2) is 9.78 Å². The highest BCUT2D eigenvalue weighted by molar-refractivity contribution is 7.11. The average molecular weight is 295 g/mol. The van der Waals surface area contributed by atoms with Crippen LogP contribution in [0.5, 0.6) is 0 Å². The Balaban J connectivity index is 2.40. The third kappa shape index (κ3) is 2.46. The zero-order valence-corrected chi connectivity index (χ0v) is 12.6. The second kappa shape index (κ2) is 5.12. The first-order valence-corrected chi connectivity index (χ1v) is 6.92. The van der Waals surface area contributed by atoms with Gasteiger partial charge in [-0.3, -0.25) is 14.3 Å². The fourth-order valence-electron chi connectivity index (χ4n) is 2.01. The van der Waals surface area contributed by atoms with E-state index in [0.29, 0.717) is 0 Å². The normalized spacial score (nSPS) is 12.4. The molecule has 2 heterocycles. The van der Waals surface area contributed by atoms with Crippen LogP contribution in [0.25, 0.3) is 0 Å². The molecule has 7 nitrogen and oxygen atoms in total. The lowest BCUT2D eigenvalue weighted by atomic mass is 10.2. The van der Waals surface area contributed by atoms with Crippen LogP contribution in [0.1, 0.15) is 28.5 Å². The Bertz CT molecular complexity index is 758. The third-order valence-corrected chi connectivity index (χ3v) is 4.32. The number of thiazole rings is 1. The molecule has 0 bridgehead atoms. The molecular formula is C12H17N5O2S. The maximum Gasteiger partial charge on any atom is 0.329 e. The predicted molar refractivity (Wildman–Crippen MR) is 80.3 cm³/mol. The fraction of sp³-hybridized carbons (Fsp3) is 0.417. The lowest BCUT2D eigenvalue weighted by molar-refractivity contribution is 0.802. The highest BCUT2D eigenvalue weighted by Crippen LogP contribution is 2.27. The number of anilines is 2. The molecule has 0 saturated heterocycles. The Morgan fingerprint density at radius 1 is 1.40 bits per heavy atom. The van der Waals surface area contributed by atoms with Crippen molar-refractivity contribution in [3.8, 4) is 0 Å². The van der Waals surface area contributed by atoms with Crippen molar-refractivity contribution in [2.45, 2.75) is 26.8 Å². The number of rotatable bonds is 3. The SMILES string of the molecule is Cc1nc(C)c(C(C)Nc2c(N)n(C)c(=O)[nH]c2=O)s1. The Hall–Kier alpha value is -2.09. The fourth-order valence-corrected chi connectivity index (χ4v) is 2.94. The van der Waals surface area contributed by atoms with Gasteiger partial charge in [-0.2, -0.15) is 0 Å². The first-order chi connectivity index (χ1) is 9.31. The van der Waals surface area contributed by atoms with E-state index in [1.165, 1.54) is 11.6 Å². The van der Waals surface area contributed by atoms with Crippen molar-refractivity contribution in [3.05, 3.63) is 36.4 Å². The summed E-state index contributed by atoms with van der Waals surface area (Å²) in [6.07, 6.45) is 0. The third-order valence-electron chi connectivity index (χ3n) is 3.06. The molecule has 20 heavy (non-hydrogen) atoms. The Labute approximate surface area is 119 Å². The van der Waals surface area contributed by atoms with Gasteiger partial charge in [0.1, 0.15) is 11.5 Å². The van der Waals surface area contributed by atoms with Crippen molar-refractivity contribution in [1.29, 1.82) is 0 Å². The Morgan fingerprint density at radius 2 is 2.05 bits per heavy atom. The molecule has 4 N–H and O–H groups in total. The smallest absolute Gasteiger partial charge is 0.329 e. The number of nitrogens with one attached hydrogen (secondary N) is 2. The first kappa shape index (κ1) is 14.3. The molecule has 0 spiro atoms. The maximum absolute atomic E-state index is 11.8. The van der Waals surface area contributed by atoms with Gasteiger partial charge in [0.25, 0.3) is 5.56 Å². The lowest BCUT2D eigenvalue weighted by Crippen LogP contribution is -2.32. The highest BCUT2D eigenvalue weighted by atomic mass is 32.1. The molecule has 108 valence electrons. The summed E-state index contributed by atoms with van der Waals surface area (Å²) in [5.74, 6) is 0.115. The summed E-state index contributed by atoms with van der Waals surface area (Å²) >= 11 is 1.57. The molecule has 0 aromatic carbocycles. The molecule has 2 rings (SSSR count). The zero-order chi connectivity index (χ0) is 15.0. The predicted octanol–water partition coefficient (Wildman–Crippen LogP) is 0.902. The number of hydrogen-bond donors (Lipinski definition) is 3. The standard InChI is InChI=1S/C12H17N5O2S/c1-5-9(20-7(3)14-5)6(2)15-8-10(13)17(4)12(19)16-11(8)18/h6,15H,13H2,1-4H3,(H,16,18,19). The Morgan fingerprint density at radius 3 is 2.60 bits per heavy atom. The molecule has 0 radical (unpaired) electrons. The lowest BCUT2D eigenvalue weighted by Gasteiger charge is -2.16. The second-order valence-electron chi connectivity index (χ2n) is 4.63. The van der Waals surface area contributed by atoms with Crippen LogP contribution in [0.2, 0.25) is 0 Å². The van der Waals surface area contributed by atoms with E-state index in [-0.39, 0.29) is 17.5 Å². The van der Waals surface area contributed by atoms with Crippen molar-refractivity contribution >= 4 is 22.8 Å². The monoisotopic (exact) mass is 295 g/mol. The van der Waals surface area contributed by atoms with Gasteiger partial charge in [-0.05, 0) is 20.8 Å². The van der Waals surface area contributed by atoms with Gasteiger partial charge in [0.15, 0.2) is 0 Å². The molecule has 0 saturated carbocycles. The summed E-state index contributed by atoms with van der Waals surface area (Å²) in [5, 5.41) is 4.03. The van der Waals surface area contributed by atoms with Crippen LogP contribution in [-0.4, -0.2) is 14.5 Å². The summed E-state index contributed by atoms with van der Waals surface area (Å²) in [5.41, 5.74) is 5.90. The van der Waals surface area contributed by atoms with E-state index in [4.69, 9.17) is 5.73 Å². The zero-order valence-electron chi connectivity index (χ0n) is 11.8. The van der Waals surface area contributed by atoms with Gasteiger partial charge < -0.3 is 11.1 Å². The van der Waals surface area contributed by atoms with Crippen molar-refractivity contribution in [3.63, 3.8) is 0 Å². The minimum absolute atomic E-state index is 0.115. The number of H-pyrrole nitrogens is 1. The minimum atomic E-state index is -0.532. The molecule has 0 amide bonds. The Kier molecular flexibility index (Phi) is 3.67. The number of nitrogens with zero attached hydrogens (tertiary/aromatic N) is 2. The van der Waals surface area contributed by atoms with Gasteiger partial charge in [0.2, 0.25) is 0 Å². The van der Waals surface area contributed by atoms with Crippen LogP contribution >= 0.6 is 11.3 Å². The van der Waals surface area contributed by atoms with Crippen molar-refractivity contribution in [2.75, 3.05) is 11.1 Å². The molecule has 0 fully saturated rings. The van der Waals surface area contributed by atoms with Crippen LogP contribution in [0.15, 0.2) is 9.59 Å². The van der Waals surface area contributed by atoms with E-state index in [2.05, 4.69) is 15.3 Å². The summed E-state index contributed by atoms with van der Waals surface area (Å²) in [4.78, 5) is 30.9. The number of hydrogen-bond acceptors (Lipinski definition) is 6. The topological polar surface area (TPSA) is 106 Å². The van der Waals surface area contributed by atoms with Crippen LogP contribution in [-0.2, 0) is 7.05 Å². The molecular weight excluding hydrogens is 278 g/mol. The molecule has 2 aromatic heterocycles. The number of nitrogens with two attached hydrogens (primary N) is 1. The summed E-state index contributed by atoms with van der Waals surface area (Å²) < 4.78 is 1.20. The van der Waals surface area contributed by atoms with Crippen molar-refractivity contribution in [2.24, 2.45) is 7.05 Å². The molecule has 0 aliphatic carbocycles. The second-order valence-corrected chi connectivity index (χ2v) is 5.86. The van der Waals surface area contributed by atoms with Crippen molar-refractivity contribution in [1.82, 2.24) is 14.5 Å². The van der Waals surface area contributed by atoms with Crippen LogP contribution in [0.3, 0.4) is 0 Å². The van der Waals surface area contributed by atoms with Gasteiger partial charge in [-0.1, -0.05) is 0 Å². The number of aryl methyl sites for hydroxylation is 2. The summed E-state index contributed by atoms with van der Waals surface area (Å²) in [6, 6.07) is -0.123. The van der Waals surface area contributed by atoms with E-state index in [1.54, 1.807) is 11.3 Å². The van der Waals surface area contributed by atoms with Gasteiger partial charge in [0, 0.05) is 11.9 Å². The van der Waals surface area contributed by atoms with Crippen molar-refractivity contribution < 1.29 is 0 Å². The van der Waals surface area contributed by atoms with Gasteiger partial charge in [0.05, 0.1) is 16.7 Å². The molecule has 0 aliphatic rings. The van der Waals surface area contributed by atoms with E-state index >= 15 is 0 Å².